The molecule has 0 fully saturated rings. The van der Waals surface area contributed by atoms with Gasteiger partial charge in [0.05, 0.1) is 0 Å². The summed E-state index contributed by atoms with van der Waals surface area (Å²) >= 11 is 0. The molecule has 1 aromatic heterocycles. The third-order valence-electron chi connectivity index (χ3n) is 4.22. The minimum atomic E-state index is -0.906. The highest BCUT2D eigenvalue weighted by molar-refractivity contribution is 6.07. The van der Waals surface area contributed by atoms with Crippen LogP contribution in [0.5, 0.6) is 0 Å². The number of pyridine rings is 1. The number of nitrogens with zero attached hydrogens (tertiary/aromatic N) is 1. The first-order chi connectivity index (χ1) is 13.3. The van der Waals surface area contributed by atoms with Gasteiger partial charge in [-0.1, -0.05) is 12.1 Å². The van der Waals surface area contributed by atoms with E-state index in [1.165, 1.54) is 24.4 Å². The van der Waals surface area contributed by atoms with Crippen molar-refractivity contribution < 1.29 is 18.4 Å². The van der Waals surface area contributed by atoms with Crippen LogP contribution in [0.15, 0.2) is 54.7 Å². The number of rotatable bonds is 4. The Morgan fingerprint density at radius 3 is 2.25 bits per heavy atom. The fourth-order valence-corrected chi connectivity index (χ4v) is 2.51. The molecule has 3 aromatic rings. The molecule has 0 spiro atoms. The first-order valence-electron chi connectivity index (χ1n) is 8.45. The Labute approximate surface area is 160 Å². The molecule has 0 bridgehead atoms. The number of aryl methyl sites for hydroxylation is 2. The highest BCUT2D eigenvalue weighted by atomic mass is 19.1. The predicted molar refractivity (Wildman–Crippen MR) is 102 cm³/mol. The number of halogens is 2. The fraction of sp³-hybridized carbons (Fsp3) is 0.0952. The molecule has 28 heavy (non-hydrogen) atoms. The van der Waals surface area contributed by atoms with Crippen LogP contribution in [0, 0.1) is 25.5 Å². The van der Waals surface area contributed by atoms with Gasteiger partial charge in [0.1, 0.15) is 23.0 Å². The minimum Gasteiger partial charge on any atom is -0.322 e. The topological polar surface area (TPSA) is 71.1 Å². The van der Waals surface area contributed by atoms with E-state index in [1.54, 1.807) is 6.07 Å². The molecule has 2 N–H and O–H groups in total. The van der Waals surface area contributed by atoms with Crippen molar-refractivity contribution in [1.82, 2.24) is 4.98 Å². The number of benzene rings is 2. The highest BCUT2D eigenvalue weighted by Gasteiger charge is 2.16. The van der Waals surface area contributed by atoms with E-state index < -0.39 is 29.1 Å². The SMILES string of the molecule is Cc1ccc(NC(=O)c2ccnc(C(=O)Nc3c(F)cccc3F)c2)cc1C. The average molecular weight is 381 g/mol. The predicted octanol–water partition coefficient (Wildman–Crippen LogP) is 4.48. The summed E-state index contributed by atoms with van der Waals surface area (Å²) in [5.41, 5.74) is 2.21. The van der Waals surface area contributed by atoms with Crippen LogP contribution >= 0.6 is 0 Å². The summed E-state index contributed by atoms with van der Waals surface area (Å²) in [5.74, 6) is -3.07. The molecule has 142 valence electrons. The van der Waals surface area contributed by atoms with Gasteiger partial charge >= 0.3 is 0 Å². The van der Waals surface area contributed by atoms with Gasteiger partial charge in [0.15, 0.2) is 0 Å². The lowest BCUT2D eigenvalue weighted by atomic mass is 10.1. The van der Waals surface area contributed by atoms with Crippen LogP contribution in [0.2, 0.25) is 0 Å². The zero-order valence-electron chi connectivity index (χ0n) is 15.2. The monoisotopic (exact) mass is 381 g/mol. The van der Waals surface area contributed by atoms with Gasteiger partial charge in [0.2, 0.25) is 0 Å². The molecule has 0 aliphatic rings. The maximum absolute atomic E-state index is 13.7. The van der Waals surface area contributed by atoms with E-state index in [-0.39, 0.29) is 11.3 Å². The number of carbonyl (C=O) groups is 2. The standard InChI is InChI=1S/C21H17F2N3O2/c1-12-6-7-15(10-13(12)2)25-20(27)14-8-9-24-18(11-14)21(28)26-19-16(22)4-3-5-17(19)23/h3-11H,1-2H3,(H,25,27)(H,26,28). The Morgan fingerprint density at radius 1 is 0.857 bits per heavy atom. The van der Waals surface area contributed by atoms with E-state index in [0.29, 0.717) is 5.69 Å². The van der Waals surface area contributed by atoms with E-state index in [0.717, 1.165) is 23.3 Å². The molecule has 1 heterocycles. The molecule has 0 unspecified atom stereocenters. The molecule has 0 atom stereocenters. The van der Waals surface area contributed by atoms with Crippen LogP contribution in [0.3, 0.4) is 0 Å². The van der Waals surface area contributed by atoms with Crippen LogP contribution in [0.25, 0.3) is 0 Å². The normalized spacial score (nSPS) is 10.4. The van der Waals surface area contributed by atoms with Crippen LogP contribution in [-0.4, -0.2) is 16.8 Å². The molecular formula is C21H17F2N3O2. The van der Waals surface area contributed by atoms with Crippen LogP contribution in [-0.2, 0) is 0 Å². The first-order valence-corrected chi connectivity index (χ1v) is 8.45. The number of aromatic nitrogens is 1. The van der Waals surface area contributed by atoms with Crippen molar-refractivity contribution in [3.8, 4) is 0 Å². The number of para-hydroxylation sites is 1. The largest absolute Gasteiger partial charge is 0.322 e. The Balaban J connectivity index is 1.78. The summed E-state index contributed by atoms with van der Waals surface area (Å²) < 4.78 is 27.4. The molecule has 0 aliphatic heterocycles. The maximum atomic E-state index is 13.7. The van der Waals surface area contributed by atoms with Gasteiger partial charge in [-0.05, 0) is 61.4 Å². The molecular weight excluding hydrogens is 364 g/mol. The second-order valence-electron chi connectivity index (χ2n) is 6.23. The van der Waals surface area contributed by atoms with Crippen molar-refractivity contribution in [1.29, 1.82) is 0 Å². The van der Waals surface area contributed by atoms with Gasteiger partial charge in [0.25, 0.3) is 11.8 Å². The van der Waals surface area contributed by atoms with Gasteiger partial charge in [-0.15, -0.1) is 0 Å². The third kappa shape index (κ3) is 4.20. The summed E-state index contributed by atoms with van der Waals surface area (Å²) in [6, 6.07) is 11.4. The number of hydrogen-bond acceptors (Lipinski definition) is 3. The Bertz CT molecular complexity index is 1050. The lowest BCUT2D eigenvalue weighted by Crippen LogP contribution is -2.18. The average Bonchev–Trinajstić information content (AvgIpc) is 2.67. The van der Waals surface area contributed by atoms with Gasteiger partial charge in [-0.3, -0.25) is 14.6 Å². The quantitative estimate of drug-likeness (QED) is 0.700. The Morgan fingerprint density at radius 2 is 1.57 bits per heavy atom. The van der Waals surface area contributed by atoms with Crippen LogP contribution in [0.4, 0.5) is 20.2 Å². The van der Waals surface area contributed by atoms with Crippen molar-refractivity contribution >= 4 is 23.2 Å². The number of amides is 2. The smallest absolute Gasteiger partial charge is 0.274 e. The van der Waals surface area contributed by atoms with Crippen molar-refractivity contribution in [3.05, 3.63) is 88.7 Å². The lowest BCUT2D eigenvalue weighted by Gasteiger charge is -2.09. The zero-order chi connectivity index (χ0) is 20.3. The molecule has 2 aromatic carbocycles. The van der Waals surface area contributed by atoms with Gasteiger partial charge in [-0.25, -0.2) is 8.78 Å². The van der Waals surface area contributed by atoms with Crippen molar-refractivity contribution in [3.63, 3.8) is 0 Å². The highest BCUT2D eigenvalue weighted by Crippen LogP contribution is 2.19. The minimum absolute atomic E-state index is 0.143. The number of carbonyl (C=O) groups excluding carboxylic acids is 2. The summed E-state index contributed by atoms with van der Waals surface area (Å²) in [7, 11) is 0. The zero-order valence-corrected chi connectivity index (χ0v) is 15.2. The Hall–Kier alpha value is -3.61. The first kappa shape index (κ1) is 19.2. The Kier molecular flexibility index (Phi) is 5.44. The van der Waals surface area contributed by atoms with Crippen molar-refractivity contribution in [2.24, 2.45) is 0 Å². The van der Waals surface area contributed by atoms with Gasteiger partial charge < -0.3 is 10.6 Å². The number of anilines is 2. The van der Waals surface area contributed by atoms with Crippen molar-refractivity contribution in [2.45, 2.75) is 13.8 Å². The summed E-state index contributed by atoms with van der Waals surface area (Å²) in [6.45, 7) is 3.90. The fourth-order valence-electron chi connectivity index (χ4n) is 2.51. The van der Waals surface area contributed by atoms with Crippen LogP contribution in [0.1, 0.15) is 32.0 Å². The molecule has 0 saturated heterocycles. The van der Waals surface area contributed by atoms with Crippen LogP contribution < -0.4 is 10.6 Å². The third-order valence-corrected chi connectivity index (χ3v) is 4.22. The van der Waals surface area contributed by atoms with E-state index in [1.807, 2.05) is 26.0 Å². The number of nitrogens with one attached hydrogen (secondary N) is 2. The molecule has 0 radical (unpaired) electrons. The lowest BCUT2D eigenvalue weighted by molar-refractivity contribution is 0.102. The summed E-state index contributed by atoms with van der Waals surface area (Å²) in [4.78, 5) is 28.6. The number of hydrogen-bond donors (Lipinski definition) is 2. The van der Waals surface area contributed by atoms with E-state index in [2.05, 4.69) is 15.6 Å². The molecule has 7 heteroatoms. The van der Waals surface area contributed by atoms with Gasteiger partial charge in [0, 0.05) is 17.4 Å². The molecule has 5 nitrogen and oxygen atoms in total. The summed E-state index contributed by atoms with van der Waals surface area (Å²) in [5, 5.41) is 4.88. The second-order valence-corrected chi connectivity index (χ2v) is 6.23. The molecule has 0 saturated carbocycles. The second kappa shape index (κ2) is 7.96. The van der Waals surface area contributed by atoms with E-state index in [9.17, 15) is 18.4 Å². The summed E-state index contributed by atoms with van der Waals surface area (Å²) in [6.07, 6.45) is 1.28. The molecule has 2 amide bonds. The van der Waals surface area contributed by atoms with E-state index in [4.69, 9.17) is 0 Å². The van der Waals surface area contributed by atoms with Gasteiger partial charge in [-0.2, -0.15) is 0 Å². The maximum Gasteiger partial charge on any atom is 0.274 e. The van der Waals surface area contributed by atoms with E-state index >= 15 is 0 Å². The van der Waals surface area contributed by atoms with Crippen molar-refractivity contribution in [2.75, 3.05) is 10.6 Å². The molecule has 0 aliphatic carbocycles. The molecule has 3 rings (SSSR count).